The second-order valence-electron chi connectivity index (χ2n) is 5.83. The molecule has 0 aliphatic heterocycles. The van der Waals surface area contributed by atoms with Crippen molar-refractivity contribution in [2.75, 3.05) is 10.6 Å². The van der Waals surface area contributed by atoms with Gasteiger partial charge in [0, 0.05) is 0 Å². The van der Waals surface area contributed by atoms with E-state index in [-0.39, 0.29) is 26.3 Å². The van der Waals surface area contributed by atoms with Crippen LogP contribution in [-0.4, -0.2) is 31.3 Å². The zero-order valence-electron chi connectivity index (χ0n) is 14.4. The quantitative estimate of drug-likeness (QED) is 0.611. The molecule has 0 radical (unpaired) electrons. The number of hydrogen-bond acceptors (Lipinski definition) is 3. The van der Waals surface area contributed by atoms with Gasteiger partial charge < -0.3 is 0 Å². The van der Waals surface area contributed by atoms with E-state index < -0.39 is 0 Å². The summed E-state index contributed by atoms with van der Waals surface area (Å²) in [6.07, 6.45) is 2.62. The molecule has 1 aromatic heterocycles. The molecule has 132 valence electrons. The second-order valence-corrected chi connectivity index (χ2v) is 7.99. The van der Waals surface area contributed by atoms with E-state index in [4.69, 9.17) is 0 Å². The van der Waals surface area contributed by atoms with Crippen LogP contribution in [0.5, 0.6) is 0 Å². The van der Waals surface area contributed by atoms with Crippen molar-refractivity contribution >= 4 is 36.7 Å². The molecule has 2 aromatic carbocycles. The molecule has 26 heavy (non-hydrogen) atoms. The number of hydrogen-bond donors (Lipinski definition) is 2. The average Bonchev–Trinajstić information content (AvgIpc) is 3.11. The molecule has 5 nitrogen and oxygen atoms in total. The molecule has 2 N–H and O–H groups in total. The van der Waals surface area contributed by atoms with Crippen LogP contribution in [0.1, 0.15) is 26.8 Å². The first-order valence-electron chi connectivity index (χ1n) is 8.28. The number of carbonyl (C=O) groups excluding carboxylic acids is 2. The predicted molar refractivity (Wildman–Crippen MR) is 104 cm³/mol. The Balaban J connectivity index is 1.55. The van der Waals surface area contributed by atoms with Crippen molar-refractivity contribution in [1.82, 2.24) is 4.98 Å². The molecule has 0 fully saturated rings. The van der Waals surface area contributed by atoms with Crippen LogP contribution in [-0.2, 0) is 11.2 Å². The Kier molecular flexibility index (Phi) is 5.99. The van der Waals surface area contributed by atoms with Gasteiger partial charge in [-0.1, -0.05) is 0 Å². The van der Waals surface area contributed by atoms with Crippen molar-refractivity contribution in [1.29, 1.82) is 0 Å². The first kappa shape index (κ1) is 18.1. The molecule has 0 atom stereocenters. The Morgan fingerprint density at radius 3 is 2.50 bits per heavy atom. The minimum atomic E-state index is -0.296. The van der Waals surface area contributed by atoms with Crippen molar-refractivity contribution in [2.24, 2.45) is 0 Å². The molecule has 6 heteroatoms. The van der Waals surface area contributed by atoms with E-state index >= 15 is 0 Å². The van der Waals surface area contributed by atoms with E-state index in [1.54, 1.807) is 6.20 Å². The number of rotatable bonds is 6. The Bertz CT molecular complexity index is 906. The predicted octanol–water partition coefficient (Wildman–Crippen LogP) is 3.27. The van der Waals surface area contributed by atoms with Gasteiger partial charge in [-0.3, -0.25) is 0 Å². The fourth-order valence-electron chi connectivity index (χ4n) is 2.42. The van der Waals surface area contributed by atoms with Gasteiger partial charge in [0.2, 0.25) is 0 Å². The number of nitrogens with one attached hydrogen (secondary N) is 2. The number of carbonyl (C=O) groups is 2. The van der Waals surface area contributed by atoms with Gasteiger partial charge in [0.05, 0.1) is 0 Å². The van der Waals surface area contributed by atoms with Gasteiger partial charge in [-0.05, 0) is 0 Å². The Morgan fingerprint density at radius 1 is 1.00 bits per heavy atom. The molecule has 0 bridgehead atoms. The maximum absolute atomic E-state index is 12.4. The minimum absolute atomic E-state index is 0.0801. The number of amides is 2. The third-order valence-corrected chi connectivity index (χ3v) is 5.77. The fourth-order valence-corrected chi connectivity index (χ4v) is 3.95. The summed E-state index contributed by atoms with van der Waals surface area (Å²) in [5.74, 6) is -0.250. The van der Waals surface area contributed by atoms with E-state index in [9.17, 15) is 9.59 Å². The van der Waals surface area contributed by atoms with Crippen LogP contribution in [0.4, 0.5) is 10.4 Å². The van der Waals surface area contributed by atoms with Crippen LogP contribution in [0.2, 0.25) is 0 Å². The molecule has 0 saturated carbocycles. The second kappa shape index (κ2) is 8.61. The van der Waals surface area contributed by atoms with Gasteiger partial charge in [-0.2, -0.15) is 0 Å². The number of aryl methyl sites for hydroxylation is 2. The standard InChI is InChI=1S/C20H19N3O2Se/c1-14-7-5-6-10-16(14)22-19(25)17-13-21-20(26-17)23-18(24)12-11-15-8-3-2-4-9-15/h2-10,13H,11-12H2,1H3,(H,22,25)(H,21,23,24). The molecular formula is C20H19N3O2Se. The Hall–Kier alpha value is -2.69. The van der Waals surface area contributed by atoms with Crippen molar-refractivity contribution in [3.8, 4) is 0 Å². The molecular weight excluding hydrogens is 393 g/mol. The van der Waals surface area contributed by atoms with Crippen LogP contribution >= 0.6 is 0 Å². The van der Waals surface area contributed by atoms with Gasteiger partial charge >= 0.3 is 158 Å². The number of para-hydroxylation sites is 1. The Morgan fingerprint density at radius 2 is 1.73 bits per heavy atom. The molecule has 0 spiro atoms. The van der Waals surface area contributed by atoms with Crippen LogP contribution in [0.25, 0.3) is 0 Å². The summed E-state index contributed by atoms with van der Waals surface area (Å²) < 4.78 is 1.17. The zero-order valence-corrected chi connectivity index (χ0v) is 16.1. The van der Waals surface area contributed by atoms with Gasteiger partial charge in [-0.15, -0.1) is 0 Å². The molecule has 1 heterocycles. The summed E-state index contributed by atoms with van der Waals surface area (Å²) in [6.45, 7) is 1.94. The number of aromatic nitrogens is 1. The third kappa shape index (κ3) is 4.91. The molecule has 0 unspecified atom stereocenters. The van der Waals surface area contributed by atoms with E-state index in [0.717, 1.165) is 16.8 Å². The van der Waals surface area contributed by atoms with Crippen molar-refractivity contribution in [3.63, 3.8) is 0 Å². The topological polar surface area (TPSA) is 71.1 Å². The molecule has 2 amide bonds. The van der Waals surface area contributed by atoms with Crippen molar-refractivity contribution in [3.05, 3.63) is 76.4 Å². The normalized spacial score (nSPS) is 10.3. The van der Waals surface area contributed by atoms with Gasteiger partial charge in [0.25, 0.3) is 0 Å². The van der Waals surface area contributed by atoms with Crippen LogP contribution < -0.4 is 10.6 Å². The van der Waals surface area contributed by atoms with E-state index in [1.807, 2.05) is 61.5 Å². The summed E-state index contributed by atoms with van der Waals surface area (Å²) in [6, 6.07) is 17.5. The number of anilines is 2. The van der Waals surface area contributed by atoms with Crippen molar-refractivity contribution < 1.29 is 9.59 Å². The number of benzene rings is 2. The monoisotopic (exact) mass is 413 g/mol. The van der Waals surface area contributed by atoms with E-state index in [0.29, 0.717) is 22.0 Å². The molecule has 0 saturated heterocycles. The van der Waals surface area contributed by atoms with E-state index in [1.165, 1.54) is 0 Å². The molecule has 0 aliphatic rings. The van der Waals surface area contributed by atoms with E-state index in [2.05, 4.69) is 15.6 Å². The maximum atomic E-state index is 12.4. The first-order chi connectivity index (χ1) is 12.6. The van der Waals surface area contributed by atoms with Crippen LogP contribution in [0.3, 0.4) is 0 Å². The fraction of sp³-hybridized carbons (Fsp3) is 0.150. The summed E-state index contributed by atoms with van der Waals surface area (Å²) in [7, 11) is 0. The molecule has 3 aromatic rings. The zero-order chi connectivity index (χ0) is 18.4. The van der Waals surface area contributed by atoms with Crippen molar-refractivity contribution in [2.45, 2.75) is 19.8 Å². The third-order valence-electron chi connectivity index (χ3n) is 3.85. The van der Waals surface area contributed by atoms with Crippen LogP contribution in [0, 0.1) is 6.92 Å². The van der Waals surface area contributed by atoms with Gasteiger partial charge in [0.15, 0.2) is 0 Å². The Labute approximate surface area is 158 Å². The molecule has 3 rings (SSSR count). The van der Waals surface area contributed by atoms with Crippen LogP contribution in [0.15, 0.2) is 60.8 Å². The molecule has 0 aliphatic carbocycles. The number of nitrogens with zero attached hydrogens (tertiary/aromatic N) is 1. The SMILES string of the molecule is Cc1ccccc1NC(=O)c1cnc(NC(=O)CCc2ccccc2)[se]1. The first-order valence-corrected chi connectivity index (χ1v) is 10.00. The summed E-state index contributed by atoms with van der Waals surface area (Å²) in [4.78, 5) is 28.6. The summed E-state index contributed by atoms with van der Waals surface area (Å²) in [5.41, 5.74) is 2.91. The summed E-state index contributed by atoms with van der Waals surface area (Å²) >= 11 is -0.296. The van der Waals surface area contributed by atoms with Gasteiger partial charge in [-0.25, -0.2) is 0 Å². The van der Waals surface area contributed by atoms with Gasteiger partial charge in [0.1, 0.15) is 0 Å². The summed E-state index contributed by atoms with van der Waals surface area (Å²) in [5, 5.41) is 5.71. The average molecular weight is 412 g/mol.